The number of hydrogen-bond acceptors (Lipinski definition) is 3. The van der Waals surface area contributed by atoms with Gasteiger partial charge in [-0.25, -0.2) is 13.8 Å². The van der Waals surface area contributed by atoms with Crippen LogP contribution in [0.2, 0.25) is 0 Å². The van der Waals surface area contributed by atoms with Gasteiger partial charge in [-0.15, -0.1) is 0 Å². The van der Waals surface area contributed by atoms with E-state index < -0.39 is 11.6 Å². The van der Waals surface area contributed by atoms with Gasteiger partial charge in [-0.3, -0.25) is 0 Å². The Morgan fingerprint density at radius 3 is 2.37 bits per heavy atom. The third-order valence-corrected chi connectivity index (χ3v) is 2.97. The number of guanidine groups is 1. The van der Waals surface area contributed by atoms with Crippen LogP contribution in [0.1, 0.15) is 12.8 Å². The summed E-state index contributed by atoms with van der Waals surface area (Å²) in [5.74, 6) is -1.57. The van der Waals surface area contributed by atoms with E-state index in [1.165, 1.54) is 0 Å². The summed E-state index contributed by atoms with van der Waals surface area (Å²) in [5.41, 5.74) is 10.9. The van der Waals surface area contributed by atoms with Crippen molar-refractivity contribution in [3.05, 3.63) is 23.8 Å². The third kappa shape index (κ3) is 2.98. The molecule has 0 aromatic heterocycles. The number of piperidine rings is 1. The van der Waals surface area contributed by atoms with Gasteiger partial charge in [0.1, 0.15) is 11.5 Å². The van der Waals surface area contributed by atoms with Crippen molar-refractivity contribution in [1.82, 2.24) is 0 Å². The maximum atomic E-state index is 13.9. The lowest BCUT2D eigenvalue weighted by molar-refractivity contribution is 0.592. The Morgan fingerprint density at radius 1 is 1.16 bits per heavy atom. The molecule has 19 heavy (non-hydrogen) atoms. The van der Waals surface area contributed by atoms with Crippen molar-refractivity contribution in [2.45, 2.75) is 12.8 Å². The number of rotatable bonds is 2. The van der Waals surface area contributed by atoms with Gasteiger partial charge in [0.2, 0.25) is 0 Å². The van der Waals surface area contributed by atoms with Crippen molar-refractivity contribution in [2.24, 2.45) is 16.5 Å². The minimum Gasteiger partial charge on any atom is -0.370 e. The van der Waals surface area contributed by atoms with Gasteiger partial charge in [-0.2, -0.15) is 0 Å². The van der Waals surface area contributed by atoms with Crippen LogP contribution in [0.3, 0.4) is 0 Å². The highest BCUT2D eigenvalue weighted by molar-refractivity contribution is 5.84. The predicted molar refractivity (Wildman–Crippen MR) is 71.0 cm³/mol. The molecule has 1 heterocycles. The summed E-state index contributed by atoms with van der Waals surface area (Å²) in [5, 5.41) is 7.51. The second-order valence-corrected chi connectivity index (χ2v) is 4.38. The van der Waals surface area contributed by atoms with Crippen LogP contribution < -0.4 is 16.4 Å². The molecule has 1 saturated heterocycles. The van der Waals surface area contributed by atoms with Gasteiger partial charge in [0.15, 0.2) is 11.8 Å². The highest BCUT2D eigenvalue weighted by Crippen LogP contribution is 2.29. The normalized spacial score (nSPS) is 15.5. The third-order valence-electron chi connectivity index (χ3n) is 2.97. The van der Waals surface area contributed by atoms with Crippen molar-refractivity contribution in [3.63, 3.8) is 0 Å². The molecule has 7 heteroatoms. The van der Waals surface area contributed by atoms with Gasteiger partial charge >= 0.3 is 0 Å². The minimum atomic E-state index is -0.676. The van der Waals surface area contributed by atoms with Gasteiger partial charge < -0.3 is 21.8 Å². The Hall–Kier alpha value is -2.18. The highest BCUT2D eigenvalue weighted by Gasteiger charge is 2.19. The van der Waals surface area contributed by atoms with Gasteiger partial charge in [-0.05, 0) is 0 Å². The molecule has 1 fully saturated rings. The molecule has 0 spiro atoms. The molecule has 0 saturated carbocycles. The number of halogens is 2. The first-order valence-corrected chi connectivity index (χ1v) is 5.87. The maximum absolute atomic E-state index is 13.9. The monoisotopic (exact) mass is 267 g/mol. The molecule has 0 bridgehead atoms. The molecule has 2 rings (SSSR count). The molecule has 0 radical (unpaired) electrons. The molecule has 1 aliphatic rings. The molecule has 0 aliphatic carbocycles. The second kappa shape index (κ2) is 5.21. The average molecular weight is 267 g/mol. The van der Waals surface area contributed by atoms with Gasteiger partial charge in [-0.1, -0.05) is 0 Å². The van der Waals surface area contributed by atoms with E-state index in [2.05, 4.69) is 4.99 Å². The predicted octanol–water partition coefficient (Wildman–Crippen LogP) is 1.49. The fourth-order valence-corrected chi connectivity index (χ4v) is 2.01. The first kappa shape index (κ1) is 13.3. The quantitative estimate of drug-likeness (QED) is 0.560. The average Bonchev–Trinajstić information content (AvgIpc) is 2.34. The molecule has 0 amide bonds. The first-order valence-electron chi connectivity index (χ1n) is 5.87. The lowest BCUT2D eigenvalue weighted by Gasteiger charge is -2.29. The van der Waals surface area contributed by atoms with Crippen LogP contribution >= 0.6 is 0 Å². The summed E-state index contributed by atoms with van der Waals surface area (Å²) in [6, 6.07) is 2.07. The molecule has 5 N–H and O–H groups in total. The Morgan fingerprint density at radius 2 is 1.79 bits per heavy atom. The Kier molecular flexibility index (Phi) is 3.64. The summed E-state index contributed by atoms with van der Waals surface area (Å²) < 4.78 is 27.7. The van der Waals surface area contributed by atoms with Crippen molar-refractivity contribution in [2.75, 3.05) is 18.0 Å². The molecule has 102 valence electrons. The van der Waals surface area contributed by atoms with Crippen molar-refractivity contribution >= 4 is 23.0 Å². The number of nitrogens with zero attached hydrogens (tertiary/aromatic N) is 2. The zero-order valence-corrected chi connectivity index (χ0v) is 10.3. The van der Waals surface area contributed by atoms with Crippen LogP contribution in [0.4, 0.5) is 20.2 Å². The van der Waals surface area contributed by atoms with Crippen LogP contribution in [0, 0.1) is 17.0 Å². The molecule has 0 unspecified atom stereocenters. The van der Waals surface area contributed by atoms with E-state index in [4.69, 9.17) is 16.9 Å². The van der Waals surface area contributed by atoms with E-state index in [1.807, 2.05) is 0 Å². The number of aliphatic imine (C=N–C) groups is 1. The lowest BCUT2D eigenvalue weighted by Crippen LogP contribution is -2.34. The number of benzene rings is 1. The SMILES string of the molecule is N=C1CCN(c2cc(F)c(N=C(N)N)cc2F)CC1. The zero-order valence-electron chi connectivity index (χ0n) is 10.3. The number of hydrogen-bond donors (Lipinski definition) is 3. The summed E-state index contributed by atoms with van der Waals surface area (Å²) in [4.78, 5) is 5.24. The van der Waals surface area contributed by atoms with Crippen LogP contribution in [0.15, 0.2) is 17.1 Å². The van der Waals surface area contributed by atoms with Crippen molar-refractivity contribution in [1.29, 1.82) is 5.41 Å². The second-order valence-electron chi connectivity index (χ2n) is 4.38. The van der Waals surface area contributed by atoms with Crippen LogP contribution in [0.5, 0.6) is 0 Å². The van der Waals surface area contributed by atoms with E-state index in [0.717, 1.165) is 12.1 Å². The summed E-state index contributed by atoms with van der Waals surface area (Å²) in [7, 11) is 0. The number of nitrogens with two attached hydrogens (primary N) is 2. The fraction of sp³-hybridized carbons (Fsp3) is 0.333. The minimum absolute atomic E-state index is 0.180. The van der Waals surface area contributed by atoms with Crippen LogP contribution in [-0.4, -0.2) is 24.8 Å². The van der Waals surface area contributed by atoms with Crippen LogP contribution in [-0.2, 0) is 0 Å². The van der Waals surface area contributed by atoms with Gasteiger partial charge in [0.25, 0.3) is 0 Å². The fourth-order valence-electron chi connectivity index (χ4n) is 2.01. The van der Waals surface area contributed by atoms with E-state index >= 15 is 0 Å². The van der Waals surface area contributed by atoms with E-state index in [1.54, 1.807) is 4.90 Å². The highest BCUT2D eigenvalue weighted by atomic mass is 19.1. The largest absolute Gasteiger partial charge is 0.370 e. The molecule has 1 aromatic rings. The Balaban J connectivity index is 2.30. The smallest absolute Gasteiger partial charge is 0.191 e. The summed E-state index contributed by atoms with van der Waals surface area (Å²) in [6.07, 6.45) is 1.13. The van der Waals surface area contributed by atoms with Gasteiger partial charge in [0, 0.05) is 43.8 Å². The topological polar surface area (TPSA) is 91.5 Å². The maximum Gasteiger partial charge on any atom is 0.191 e. The molecular weight excluding hydrogens is 252 g/mol. The zero-order chi connectivity index (χ0) is 14.0. The molecular formula is C12H15F2N5. The summed E-state index contributed by atoms with van der Waals surface area (Å²) in [6.45, 7) is 1.02. The molecule has 5 nitrogen and oxygen atoms in total. The van der Waals surface area contributed by atoms with Crippen LogP contribution in [0.25, 0.3) is 0 Å². The Bertz CT molecular complexity index is 527. The lowest BCUT2D eigenvalue weighted by atomic mass is 10.1. The molecule has 1 aromatic carbocycles. The molecule has 1 aliphatic heterocycles. The van der Waals surface area contributed by atoms with Crippen molar-refractivity contribution in [3.8, 4) is 0 Å². The van der Waals surface area contributed by atoms with E-state index in [0.29, 0.717) is 31.6 Å². The van der Waals surface area contributed by atoms with E-state index in [-0.39, 0.29) is 17.3 Å². The molecule has 0 atom stereocenters. The Labute approximate surface area is 109 Å². The van der Waals surface area contributed by atoms with Crippen molar-refractivity contribution < 1.29 is 8.78 Å². The number of anilines is 1. The van der Waals surface area contributed by atoms with E-state index in [9.17, 15) is 8.78 Å². The first-order chi connectivity index (χ1) is 8.97. The number of nitrogens with one attached hydrogen (secondary N) is 1. The summed E-state index contributed by atoms with van der Waals surface area (Å²) >= 11 is 0. The van der Waals surface area contributed by atoms with Gasteiger partial charge in [0.05, 0.1) is 5.69 Å². The standard InChI is InChI=1S/C12H15F2N5/c13-8-6-11(19-3-1-7(15)2-4-19)9(14)5-10(8)18-12(16)17/h5-6,15H,1-4H2,(H4,16,17,18).